The number of hydrogen-bond acceptors (Lipinski definition) is 7. The second kappa shape index (κ2) is 1.37. The van der Waals surface area contributed by atoms with Crippen molar-refractivity contribution in [3.05, 3.63) is 0 Å². The molecule has 1 unspecified atom stereocenters. The highest BCUT2D eigenvalue weighted by molar-refractivity contribution is 7.49. The van der Waals surface area contributed by atoms with Gasteiger partial charge in [-0.2, -0.15) is 0 Å². The molecule has 0 amide bonds. The van der Waals surface area contributed by atoms with Crippen molar-refractivity contribution in [2.45, 2.75) is 0 Å². The minimum absolute atomic E-state index is 0.00617. The summed E-state index contributed by atoms with van der Waals surface area (Å²) in [4.78, 5) is 0. The van der Waals surface area contributed by atoms with Crippen LogP contribution >= 0.6 is 7.82 Å². The monoisotopic (exact) mass is 176 g/mol. The summed E-state index contributed by atoms with van der Waals surface area (Å²) in [5, 5.41) is 3.44. The summed E-state index contributed by atoms with van der Waals surface area (Å²) >= 11 is 0. The lowest BCUT2D eigenvalue weighted by Gasteiger charge is -2.12. The topological polar surface area (TPSA) is 82.8 Å². The van der Waals surface area contributed by atoms with Gasteiger partial charge in [0.05, 0.1) is 0 Å². The molecule has 58 valence electrons. The summed E-state index contributed by atoms with van der Waals surface area (Å²) in [5.41, 5.74) is 2.27. The van der Waals surface area contributed by atoms with Crippen LogP contribution < -0.4 is 14.5 Å². The molecule has 8 heteroatoms. The molecule has 2 aliphatic rings. The zero-order valence-electron chi connectivity index (χ0n) is 4.94. The number of anilines is 1. The maximum atomic E-state index is 11.1. The summed E-state index contributed by atoms with van der Waals surface area (Å²) in [6.07, 6.45) is 0. The lowest BCUT2D eigenvalue weighted by atomic mass is 10.6. The van der Waals surface area contributed by atoms with Crippen LogP contribution in [0.15, 0.2) is 4.52 Å². The van der Waals surface area contributed by atoms with Crippen molar-refractivity contribution in [1.29, 1.82) is 0 Å². The Balaban J connectivity index is 2.32. The molecule has 1 aromatic rings. The second-order valence-electron chi connectivity index (χ2n) is 1.97. The fraction of sp³-hybridized carbons (Fsp3) is 0. The summed E-state index contributed by atoms with van der Waals surface area (Å²) < 4.78 is 29.6. The van der Waals surface area contributed by atoms with E-state index in [9.17, 15) is 4.57 Å². The molecule has 7 nitrogen and oxygen atoms in total. The first kappa shape index (κ1) is 5.45. The van der Waals surface area contributed by atoms with E-state index in [1.165, 1.54) is 0 Å². The van der Waals surface area contributed by atoms with Crippen molar-refractivity contribution < 1.29 is 22.8 Å². The van der Waals surface area contributed by atoms with Crippen LogP contribution in [0.25, 0.3) is 0 Å². The third kappa shape index (κ3) is 0.527. The Morgan fingerprint density at radius 3 is 3.27 bits per heavy atom. The molecule has 11 heavy (non-hydrogen) atoms. The second-order valence-corrected chi connectivity index (χ2v) is 3.41. The molecule has 0 fully saturated rings. The van der Waals surface area contributed by atoms with E-state index in [-0.39, 0.29) is 17.5 Å². The lowest BCUT2D eigenvalue weighted by molar-refractivity contribution is 0.224. The highest BCUT2D eigenvalue weighted by Crippen LogP contribution is 2.64. The van der Waals surface area contributed by atoms with E-state index < -0.39 is 7.82 Å². The molecule has 1 atom stereocenters. The number of phosphoric ester groups is 1. The molecule has 2 bridgehead atoms. The zero-order chi connectivity index (χ0) is 7.47. The summed E-state index contributed by atoms with van der Waals surface area (Å²) in [5.74, 6) is 0.442. The minimum Gasteiger partial charge on any atom is -0.382 e. The van der Waals surface area contributed by atoms with E-state index in [0.717, 1.165) is 0 Å². The average molecular weight is 176 g/mol. The molecule has 0 spiro atoms. The third-order valence-electron chi connectivity index (χ3n) is 1.27. The summed E-state index contributed by atoms with van der Waals surface area (Å²) in [6.45, 7) is 0. The van der Waals surface area contributed by atoms with Crippen LogP contribution in [0, 0.1) is 0 Å². The van der Waals surface area contributed by atoms with Gasteiger partial charge < -0.3 is 13.6 Å². The van der Waals surface area contributed by atoms with Gasteiger partial charge in [-0.05, 0) is 0 Å². The molecule has 0 radical (unpaired) electrons. The Morgan fingerprint density at radius 2 is 2.36 bits per heavy atom. The lowest BCUT2D eigenvalue weighted by Crippen LogP contribution is -2.09. The van der Waals surface area contributed by atoms with Gasteiger partial charge in [0.2, 0.25) is 5.82 Å². The van der Waals surface area contributed by atoms with Crippen LogP contribution in [0.3, 0.4) is 0 Å². The number of fused-ring (bicyclic) bond motifs is 1. The van der Waals surface area contributed by atoms with E-state index in [1.807, 2.05) is 0 Å². The van der Waals surface area contributed by atoms with Gasteiger partial charge in [0, 0.05) is 0 Å². The van der Waals surface area contributed by atoms with Crippen LogP contribution in [0.1, 0.15) is 0 Å². The number of nitrogens with one attached hydrogen (secondary N) is 1. The van der Waals surface area contributed by atoms with E-state index in [0.29, 0.717) is 0 Å². The van der Waals surface area contributed by atoms with Crippen molar-refractivity contribution in [3.63, 3.8) is 0 Å². The SMILES string of the molecule is O=P12ONc3noc(c3O1)O2. The van der Waals surface area contributed by atoms with Gasteiger partial charge in [-0.3, -0.25) is 0 Å². The largest absolute Gasteiger partial charge is 0.612 e. The van der Waals surface area contributed by atoms with Gasteiger partial charge in [0.25, 0.3) is 5.75 Å². The Hall–Kier alpha value is -1.20. The molecule has 0 aliphatic carbocycles. The highest BCUT2D eigenvalue weighted by atomic mass is 31.2. The molecule has 0 saturated heterocycles. The first-order chi connectivity index (χ1) is 5.27. The Bertz CT molecular complexity index is 372. The van der Waals surface area contributed by atoms with E-state index in [1.54, 1.807) is 0 Å². The van der Waals surface area contributed by atoms with Crippen molar-refractivity contribution in [3.8, 4) is 11.7 Å². The van der Waals surface area contributed by atoms with Crippen molar-refractivity contribution in [2.24, 2.45) is 0 Å². The van der Waals surface area contributed by atoms with Crippen molar-refractivity contribution in [1.82, 2.24) is 5.16 Å². The Labute approximate surface area is 59.8 Å². The maximum absolute atomic E-state index is 11.1. The van der Waals surface area contributed by atoms with Gasteiger partial charge in [0.15, 0.2) is 0 Å². The quantitative estimate of drug-likeness (QED) is 0.588. The molecule has 1 N–H and O–H groups in total. The molecule has 3 rings (SSSR count). The molecule has 3 heterocycles. The van der Waals surface area contributed by atoms with Crippen molar-refractivity contribution >= 4 is 13.6 Å². The molecule has 2 aliphatic heterocycles. The van der Waals surface area contributed by atoms with Crippen LogP contribution in [0.5, 0.6) is 11.7 Å². The standard InChI is InChI=1S/C3HN2O5P/c6-11-8-1-2(5-10-11)4-7-3(1)9-11/h(H,4,5). The highest BCUT2D eigenvalue weighted by Gasteiger charge is 2.49. The van der Waals surface area contributed by atoms with E-state index >= 15 is 0 Å². The van der Waals surface area contributed by atoms with Crippen molar-refractivity contribution in [2.75, 3.05) is 5.48 Å². The van der Waals surface area contributed by atoms with E-state index in [4.69, 9.17) is 4.52 Å². The average Bonchev–Trinajstić information content (AvgIpc) is 2.38. The van der Waals surface area contributed by atoms with E-state index in [2.05, 4.69) is 24.3 Å². The molecule has 0 saturated carbocycles. The van der Waals surface area contributed by atoms with Crippen LogP contribution in [-0.2, 0) is 9.19 Å². The van der Waals surface area contributed by atoms with Gasteiger partial charge in [-0.25, -0.2) is 10.0 Å². The normalized spacial score (nSPS) is 30.5. The number of nitrogens with zero attached hydrogens (tertiary/aromatic N) is 1. The van der Waals surface area contributed by atoms with Gasteiger partial charge in [0.1, 0.15) is 0 Å². The predicted octanol–water partition coefficient (Wildman–Crippen LogP) is 0.911. The van der Waals surface area contributed by atoms with Gasteiger partial charge in [-0.15, -0.1) is 4.62 Å². The predicted molar refractivity (Wildman–Crippen MR) is 30.1 cm³/mol. The number of phosphoric acid groups is 1. The molecular weight excluding hydrogens is 175 g/mol. The summed E-state index contributed by atoms with van der Waals surface area (Å²) in [7, 11) is -3.45. The van der Waals surface area contributed by atoms with Crippen LogP contribution in [0.2, 0.25) is 0 Å². The molecule has 0 aromatic carbocycles. The number of rotatable bonds is 0. The van der Waals surface area contributed by atoms with Crippen LogP contribution in [-0.4, -0.2) is 5.16 Å². The third-order valence-corrected chi connectivity index (χ3v) is 2.38. The van der Waals surface area contributed by atoms with Crippen LogP contribution in [0.4, 0.5) is 5.82 Å². The Kier molecular flexibility index (Phi) is 0.677. The maximum Gasteiger partial charge on any atom is 0.612 e. The first-order valence-corrected chi connectivity index (χ1v) is 4.16. The van der Waals surface area contributed by atoms with Gasteiger partial charge >= 0.3 is 13.8 Å². The molecular formula is C3HN2O5P. The first-order valence-electron chi connectivity index (χ1n) is 2.70. The minimum atomic E-state index is -3.45. The zero-order valence-corrected chi connectivity index (χ0v) is 5.83. The van der Waals surface area contributed by atoms with Gasteiger partial charge in [-0.1, -0.05) is 5.16 Å². The smallest absolute Gasteiger partial charge is 0.382 e. The number of hydrogen-bond donors (Lipinski definition) is 1. The Morgan fingerprint density at radius 1 is 1.45 bits per heavy atom. The fourth-order valence-electron chi connectivity index (χ4n) is 0.839. The fourth-order valence-corrected chi connectivity index (χ4v) is 1.85. The summed E-state index contributed by atoms with van der Waals surface area (Å²) in [6, 6.07) is 0. The number of aromatic nitrogens is 1. The molecule has 1 aromatic heterocycles.